The van der Waals surface area contributed by atoms with Crippen LogP contribution in [-0.4, -0.2) is 36.8 Å². The van der Waals surface area contributed by atoms with Crippen molar-refractivity contribution in [3.8, 4) is 5.75 Å². The van der Waals surface area contributed by atoms with E-state index in [-0.39, 0.29) is 12.0 Å². The lowest BCUT2D eigenvalue weighted by Gasteiger charge is -2.12. The number of ether oxygens (including phenoxy) is 2. The molecule has 1 fully saturated rings. The molecule has 27 heavy (non-hydrogen) atoms. The standard InChI is InChI=1S/C21H27N3O3/c25-21(24-15-18-3-1-10-22-14-18)9-11-23-13-17-5-7-19(8-6-17)27-16-20-4-2-12-26-20/h1,3,5-8,10,14,20,23H,2,4,9,11-13,15-16H2,(H,24,25). The van der Waals surface area contributed by atoms with Crippen molar-refractivity contribution in [3.63, 3.8) is 0 Å². The van der Waals surface area contributed by atoms with E-state index >= 15 is 0 Å². The quantitative estimate of drug-likeness (QED) is 0.630. The van der Waals surface area contributed by atoms with Crippen molar-refractivity contribution in [2.45, 2.75) is 38.5 Å². The minimum Gasteiger partial charge on any atom is -0.491 e. The maximum atomic E-state index is 11.9. The molecule has 0 aliphatic carbocycles. The van der Waals surface area contributed by atoms with Gasteiger partial charge in [0.15, 0.2) is 0 Å². The van der Waals surface area contributed by atoms with Crippen LogP contribution in [0.5, 0.6) is 5.75 Å². The van der Waals surface area contributed by atoms with Crippen LogP contribution in [-0.2, 0) is 22.6 Å². The lowest BCUT2D eigenvalue weighted by atomic mass is 10.2. The summed E-state index contributed by atoms with van der Waals surface area (Å²) in [6, 6.07) is 11.8. The Morgan fingerprint density at radius 1 is 1.19 bits per heavy atom. The second-order valence-electron chi connectivity index (χ2n) is 6.65. The highest BCUT2D eigenvalue weighted by atomic mass is 16.5. The number of hydrogen-bond donors (Lipinski definition) is 2. The number of carbonyl (C=O) groups is 1. The molecule has 2 heterocycles. The Kier molecular flexibility index (Phi) is 7.62. The van der Waals surface area contributed by atoms with Gasteiger partial charge < -0.3 is 20.1 Å². The number of aromatic nitrogens is 1. The van der Waals surface area contributed by atoms with E-state index in [0.29, 0.717) is 26.1 Å². The van der Waals surface area contributed by atoms with Gasteiger partial charge in [0.05, 0.1) is 6.10 Å². The average Bonchev–Trinajstić information content (AvgIpc) is 3.23. The lowest BCUT2D eigenvalue weighted by Crippen LogP contribution is -2.27. The van der Waals surface area contributed by atoms with E-state index in [1.807, 2.05) is 36.4 Å². The average molecular weight is 369 g/mol. The predicted octanol–water partition coefficient (Wildman–Crippen LogP) is 2.44. The molecule has 1 unspecified atom stereocenters. The van der Waals surface area contributed by atoms with Crippen LogP contribution in [0.3, 0.4) is 0 Å². The van der Waals surface area contributed by atoms with Gasteiger partial charge in [0.25, 0.3) is 0 Å². The number of hydrogen-bond acceptors (Lipinski definition) is 5. The molecule has 1 atom stereocenters. The number of pyridine rings is 1. The van der Waals surface area contributed by atoms with Crippen LogP contribution in [0, 0.1) is 0 Å². The Balaban J connectivity index is 1.27. The summed E-state index contributed by atoms with van der Waals surface area (Å²) < 4.78 is 11.3. The third-order valence-electron chi connectivity index (χ3n) is 4.45. The van der Waals surface area contributed by atoms with Crippen LogP contribution >= 0.6 is 0 Å². The van der Waals surface area contributed by atoms with E-state index in [9.17, 15) is 4.79 Å². The van der Waals surface area contributed by atoms with Crippen LogP contribution in [0.4, 0.5) is 0 Å². The fourth-order valence-electron chi connectivity index (χ4n) is 2.89. The normalized spacial score (nSPS) is 16.2. The first-order valence-electron chi connectivity index (χ1n) is 9.49. The van der Waals surface area contributed by atoms with Gasteiger partial charge in [-0.2, -0.15) is 0 Å². The van der Waals surface area contributed by atoms with Gasteiger partial charge in [-0.25, -0.2) is 0 Å². The van der Waals surface area contributed by atoms with Crippen LogP contribution in [0.15, 0.2) is 48.8 Å². The summed E-state index contributed by atoms with van der Waals surface area (Å²) in [5.74, 6) is 0.897. The van der Waals surface area contributed by atoms with Gasteiger partial charge in [0.1, 0.15) is 12.4 Å². The number of benzene rings is 1. The first kappa shape index (κ1) is 19.3. The minimum absolute atomic E-state index is 0.0317. The summed E-state index contributed by atoms with van der Waals surface area (Å²) in [4.78, 5) is 15.9. The Hall–Kier alpha value is -2.44. The fraction of sp³-hybridized carbons (Fsp3) is 0.429. The molecule has 1 aliphatic heterocycles. The van der Waals surface area contributed by atoms with Crippen molar-refractivity contribution in [3.05, 3.63) is 59.9 Å². The first-order chi connectivity index (χ1) is 13.3. The molecule has 0 spiro atoms. The molecule has 2 aromatic rings. The largest absolute Gasteiger partial charge is 0.491 e. The van der Waals surface area contributed by atoms with Crippen LogP contribution < -0.4 is 15.4 Å². The fourth-order valence-corrected chi connectivity index (χ4v) is 2.89. The third kappa shape index (κ3) is 7.00. The molecule has 2 N–H and O–H groups in total. The molecule has 6 heteroatoms. The van der Waals surface area contributed by atoms with E-state index < -0.39 is 0 Å². The van der Waals surface area contributed by atoms with Crippen molar-refractivity contribution in [2.24, 2.45) is 0 Å². The highest BCUT2D eigenvalue weighted by molar-refractivity contribution is 5.76. The number of rotatable bonds is 10. The molecule has 1 saturated heterocycles. The van der Waals surface area contributed by atoms with Crippen molar-refractivity contribution in [1.82, 2.24) is 15.6 Å². The van der Waals surface area contributed by atoms with Crippen molar-refractivity contribution >= 4 is 5.91 Å². The van der Waals surface area contributed by atoms with Crippen LogP contribution in [0.25, 0.3) is 0 Å². The molecule has 6 nitrogen and oxygen atoms in total. The maximum absolute atomic E-state index is 11.9. The van der Waals surface area contributed by atoms with Crippen molar-refractivity contribution in [2.75, 3.05) is 19.8 Å². The van der Waals surface area contributed by atoms with Crippen LogP contribution in [0.2, 0.25) is 0 Å². The monoisotopic (exact) mass is 369 g/mol. The molecule has 1 aromatic heterocycles. The summed E-state index contributed by atoms with van der Waals surface area (Å²) >= 11 is 0. The molecule has 3 rings (SSSR count). The van der Waals surface area contributed by atoms with E-state index in [0.717, 1.165) is 42.9 Å². The van der Waals surface area contributed by atoms with Crippen molar-refractivity contribution < 1.29 is 14.3 Å². The number of nitrogens with one attached hydrogen (secondary N) is 2. The number of amides is 1. The molecule has 0 radical (unpaired) electrons. The lowest BCUT2D eigenvalue weighted by molar-refractivity contribution is -0.121. The maximum Gasteiger partial charge on any atom is 0.221 e. The summed E-state index contributed by atoms with van der Waals surface area (Å²) in [5.41, 5.74) is 2.16. The first-order valence-corrected chi connectivity index (χ1v) is 9.49. The Labute approximate surface area is 160 Å². The highest BCUT2D eigenvalue weighted by Gasteiger charge is 2.15. The highest BCUT2D eigenvalue weighted by Crippen LogP contribution is 2.16. The van der Waals surface area contributed by atoms with Gasteiger partial charge in [-0.3, -0.25) is 9.78 Å². The van der Waals surface area contributed by atoms with E-state index in [1.165, 1.54) is 0 Å². The zero-order valence-corrected chi connectivity index (χ0v) is 15.5. The van der Waals surface area contributed by atoms with Crippen LogP contribution in [0.1, 0.15) is 30.4 Å². The summed E-state index contributed by atoms with van der Waals surface area (Å²) in [5, 5.41) is 6.19. The van der Waals surface area contributed by atoms with E-state index in [2.05, 4.69) is 15.6 Å². The molecular weight excluding hydrogens is 342 g/mol. The molecule has 0 saturated carbocycles. The summed E-state index contributed by atoms with van der Waals surface area (Å²) in [6.07, 6.45) is 6.36. The summed E-state index contributed by atoms with van der Waals surface area (Å²) in [6.45, 7) is 3.34. The van der Waals surface area contributed by atoms with Gasteiger partial charge in [-0.05, 0) is 42.2 Å². The van der Waals surface area contributed by atoms with E-state index in [1.54, 1.807) is 12.4 Å². The molecule has 1 amide bonds. The van der Waals surface area contributed by atoms with Gasteiger partial charge in [0.2, 0.25) is 5.91 Å². The Morgan fingerprint density at radius 2 is 2.07 bits per heavy atom. The topological polar surface area (TPSA) is 72.5 Å². The number of carbonyl (C=O) groups excluding carboxylic acids is 1. The SMILES string of the molecule is O=C(CCNCc1ccc(OCC2CCCO2)cc1)NCc1cccnc1. The van der Waals surface area contributed by atoms with Gasteiger partial charge in [0, 0.05) is 45.1 Å². The molecule has 0 bridgehead atoms. The second-order valence-corrected chi connectivity index (χ2v) is 6.65. The molecule has 1 aromatic carbocycles. The van der Waals surface area contributed by atoms with Gasteiger partial charge in [-0.15, -0.1) is 0 Å². The van der Waals surface area contributed by atoms with Crippen molar-refractivity contribution in [1.29, 1.82) is 0 Å². The molecular formula is C21H27N3O3. The summed E-state index contributed by atoms with van der Waals surface area (Å²) in [7, 11) is 0. The Morgan fingerprint density at radius 3 is 2.81 bits per heavy atom. The van der Waals surface area contributed by atoms with Gasteiger partial charge in [-0.1, -0.05) is 18.2 Å². The second kappa shape index (κ2) is 10.6. The zero-order chi connectivity index (χ0) is 18.7. The number of nitrogens with zero attached hydrogens (tertiary/aromatic N) is 1. The predicted molar refractivity (Wildman–Crippen MR) is 103 cm³/mol. The molecule has 144 valence electrons. The minimum atomic E-state index is 0.0317. The van der Waals surface area contributed by atoms with Gasteiger partial charge >= 0.3 is 0 Å². The zero-order valence-electron chi connectivity index (χ0n) is 15.5. The third-order valence-corrected chi connectivity index (χ3v) is 4.45. The van der Waals surface area contributed by atoms with E-state index in [4.69, 9.17) is 9.47 Å². The smallest absolute Gasteiger partial charge is 0.221 e. The molecule has 1 aliphatic rings. The Bertz CT molecular complexity index is 686.